The summed E-state index contributed by atoms with van der Waals surface area (Å²) in [4.78, 5) is 11.5. The smallest absolute Gasteiger partial charge is 0.163 e. The van der Waals surface area contributed by atoms with Crippen molar-refractivity contribution in [1.82, 2.24) is 0 Å². The Balaban J connectivity index is 2.52. The molecule has 0 heterocycles. The number of rotatable bonds is 2. The summed E-state index contributed by atoms with van der Waals surface area (Å²) in [6.07, 6.45) is 1.93. The predicted molar refractivity (Wildman–Crippen MR) is 53.0 cm³/mol. The van der Waals surface area contributed by atoms with E-state index in [0.717, 1.165) is 18.9 Å². The summed E-state index contributed by atoms with van der Waals surface area (Å²) in [7, 11) is 0. The van der Waals surface area contributed by atoms with Crippen LogP contribution < -0.4 is 0 Å². The summed E-state index contributed by atoms with van der Waals surface area (Å²) in [6, 6.07) is 2.42. The van der Waals surface area contributed by atoms with Crippen LogP contribution in [0.15, 0.2) is 12.1 Å². The fourth-order valence-corrected chi connectivity index (χ4v) is 2.24. The normalized spacial score (nSPS) is 19.4. The van der Waals surface area contributed by atoms with E-state index in [2.05, 4.69) is 0 Å². The fraction of sp³-hybridized carbons (Fsp3) is 0.417. The molecule has 15 heavy (non-hydrogen) atoms. The quantitative estimate of drug-likeness (QED) is 0.730. The second-order valence-electron chi connectivity index (χ2n) is 3.94. The summed E-state index contributed by atoms with van der Waals surface area (Å²) in [6.45, 7) is 1.97. The van der Waals surface area contributed by atoms with Gasteiger partial charge in [-0.2, -0.15) is 0 Å². The molecule has 1 nitrogen and oxygen atoms in total. The number of halogens is 2. The monoisotopic (exact) mass is 210 g/mol. The summed E-state index contributed by atoms with van der Waals surface area (Å²) in [5, 5.41) is 0. The Labute approximate surface area is 87.1 Å². The molecule has 0 fully saturated rings. The van der Waals surface area contributed by atoms with Crippen molar-refractivity contribution in [3.63, 3.8) is 0 Å². The largest absolute Gasteiger partial charge is 0.294 e. The van der Waals surface area contributed by atoms with Crippen LogP contribution in [0.1, 0.15) is 48.0 Å². The highest BCUT2D eigenvalue weighted by Gasteiger charge is 2.32. The van der Waals surface area contributed by atoms with Gasteiger partial charge in [0.05, 0.1) is 0 Å². The second-order valence-corrected chi connectivity index (χ2v) is 3.94. The number of fused-ring (bicyclic) bond motifs is 1. The van der Waals surface area contributed by atoms with Crippen molar-refractivity contribution in [2.24, 2.45) is 0 Å². The van der Waals surface area contributed by atoms with Gasteiger partial charge in [0.1, 0.15) is 0 Å². The summed E-state index contributed by atoms with van der Waals surface area (Å²) >= 11 is 0. The molecule has 80 valence electrons. The Hall–Kier alpha value is -1.25. The van der Waals surface area contributed by atoms with E-state index >= 15 is 0 Å². The summed E-state index contributed by atoms with van der Waals surface area (Å²) in [5.41, 5.74) is 0.661. The maximum Gasteiger partial charge on any atom is 0.163 e. The first-order valence-electron chi connectivity index (χ1n) is 5.16. The molecule has 0 aromatic heterocycles. The van der Waals surface area contributed by atoms with Crippen LogP contribution in [0.4, 0.5) is 8.78 Å². The number of ketones is 1. The minimum atomic E-state index is -0.857. The van der Waals surface area contributed by atoms with Crippen LogP contribution in [-0.4, -0.2) is 5.78 Å². The zero-order valence-corrected chi connectivity index (χ0v) is 8.52. The van der Waals surface area contributed by atoms with E-state index in [1.54, 1.807) is 0 Å². The lowest BCUT2D eigenvalue weighted by atomic mass is 9.96. The van der Waals surface area contributed by atoms with E-state index in [-0.39, 0.29) is 11.7 Å². The van der Waals surface area contributed by atoms with Crippen LogP contribution >= 0.6 is 0 Å². The molecule has 0 N–H and O–H groups in total. The van der Waals surface area contributed by atoms with Gasteiger partial charge in [-0.05, 0) is 24.5 Å². The van der Waals surface area contributed by atoms with E-state index in [1.165, 1.54) is 6.07 Å². The van der Waals surface area contributed by atoms with Gasteiger partial charge in [-0.25, -0.2) is 8.78 Å². The molecule has 1 aromatic rings. The van der Waals surface area contributed by atoms with Gasteiger partial charge < -0.3 is 0 Å². The minimum absolute atomic E-state index is 0.0673. The number of hydrogen-bond donors (Lipinski definition) is 0. The van der Waals surface area contributed by atoms with Crippen LogP contribution in [-0.2, 0) is 0 Å². The van der Waals surface area contributed by atoms with Crippen molar-refractivity contribution < 1.29 is 13.6 Å². The molecule has 0 saturated carbocycles. The van der Waals surface area contributed by atoms with Crippen molar-refractivity contribution in [3.8, 4) is 0 Å². The second kappa shape index (κ2) is 3.72. The molecule has 3 heteroatoms. The molecule has 0 radical (unpaired) electrons. The average Bonchev–Trinajstić information content (AvgIpc) is 2.51. The van der Waals surface area contributed by atoms with Gasteiger partial charge in [0.15, 0.2) is 17.4 Å². The first kappa shape index (κ1) is 10.3. The molecule has 1 aromatic carbocycles. The molecule has 2 rings (SSSR count). The van der Waals surface area contributed by atoms with Crippen molar-refractivity contribution in [2.75, 3.05) is 0 Å². The lowest BCUT2D eigenvalue weighted by Gasteiger charge is -2.09. The van der Waals surface area contributed by atoms with Crippen LogP contribution in [0.2, 0.25) is 0 Å². The van der Waals surface area contributed by atoms with Crippen LogP contribution in [0.3, 0.4) is 0 Å². The van der Waals surface area contributed by atoms with Gasteiger partial charge in [-0.15, -0.1) is 0 Å². The fourth-order valence-electron chi connectivity index (χ4n) is 2.24. The number of carbonyl (C=O) groups is 1. The van der Waals surface area contributed by atoms with Crippen LogP contribution in [0.5, 0.6) is 0 Å². The van der Waals surface area contributed by atoms with Crippen LogP contribution in [0.25, 0.3) is 0 Å². The van der Waals surface area contributed by atoms with Crippen molar-refractivity contribution in [1.29, 1.82) is 0 Å². The number of benzene rings is 1. The number of Topliss-reactive ketones (excluding diaryl/α,β-unsaturated/α-hetero) is 1. The Bertz CT molecular complexity index is 412. The first-order chi connectivity index (χ1) is 7.15. The lowest BCUT2D eigenvalue weighted by Crippen LogP contribution is -1.99. The Morgan fingerprint density at radius 3 is 2.80 bits per heavy atom. The average molecular weight is 210 g/mol. The van der Waals surface area contributed by atoms with Gasteiger partial charge >= 0.3 is 0 Å². The molecule has 1 aliphatic carbocycles. The van der Waals surface area contributed by atoms with E-state index in [4.69, 9.17) is 0 Å². The molecule has 1 atom stereocenters. The van der Waals surface area contributed by atoms with E-state index in [1.807, 2.05) is 6.92 Å². The SMILES string of the molecule is CCCC1CC(=O)c2ccc(F)c(F)c21. The van der Waals surface area contributed by atoms with Gasteiger partial charge in [-0.1, -0.05) is 13.3 Å². The number of hydrogen-bond acceptors (Lipinski definition) is 1. The highest BCUT2D eigenvalue weighted by molar-refractivity contribution is 6.01. The maximum absolute atomic E-state index is 13.5. The third kappa shape index (κ3) is 1.56. The standard InChI is InChI=1S/C12H12F2O/c1-2-3-7-6-10(15)8-4-5-9(13)12(14)11(7)8/h4-5,7H,2-3,6H2,1H3. The maximum atomic E-state index is 13.5. The molecule has 0 spiro atoms. The molecule has 0 amide bonds. The Morgan fingerprint density at radius 1 is 1.40 bits per heavy atom. The highest BCUT2D eigenvalue weighted by atomic mass is 19.2. The zero-order valence-electron chi connectivity index (χ0n) is 8.52. The van der Waals surface area contributed by atoms with Crippen LogP contribution in [0, 0.1) is 11.6 Å². The summed E-state index contributed by atoms with van der Waals surface area (Å²) in [5.74, 6) is -1.89. The first-order valence-corrected chi connectivity index (χ1v) is 5.16. The highest BCUT2D eigenvalue weighted by Crippen LogP contribution is 2.38. The molecular formula is C12H12F2O. The van der Waals surface area contributed by atoms with Crippen molar-refractivity contribution in [2.45, 2.75) is 32.1 Å². The molecule has 1 unspecified atom stereocenters. The summed E-state index contributed by atoms with van der Waals surface area (Å²) < 4.78 is 26.6. The van der Waals surface area contributed by atoms with Gasteiger partial charge in [0.2, 0.25) is 0 Å². The lowest BCUT2D eigenvalue weighted by molar-refractivity contribution is 0.0988. The molecule has 0 aliphatic heterocycles. The third-order valence-corrected chi connectivity index (χ3v) is 2.91. The third-order valence-electron chi connectivity index (χ3n) is 2.91. The van der Waals surface area contributed by atoms with E-state index in [0.29, 0.717) is 17.5 Å². The molecule has 0 bridgehead atoms. The number of carbonyl (C=O) groups excluding carboxylic acids is 1. The topological polar surface area (TPSA) is 17.1 Å². The van der Waals surface area contributed by atoms with Crippen molar-refractivity contribution in [3.05, 3.63) is 34.9 Å². The van der Waals surface area contributed by atoms with Gasteiger partial charge in [0.25, 0.3) is 0 Å². The van der Waals surface area contributed by atoms with Gasteiger partial charge in [0, 0.05) is 17.5 Å². The van der Waals surface area contributed by atoms with E-state index < -0.39 is 11.6 Å². The zero-order chi connectivity index (χ0) is 11.0. The van der Waals surface area contributed by atoms with Gasteiger partial charge in [-0.3, -0.25) is 4.79 Å². The minimum Gasteiger partial charge on any atom is -0.294 e. The molecule has 1 aliphatic rings. The van der Waals surface area contributed by atoms with Crippen molar-refractivity contribution >= 4 is 5.78 Å². The van der Waals surface area contributed by atoms with E-state index in [9.17, 15) is 13.6 Å². The Kier molecular flexibility index (Phi) is 2.55. The predicted octanol–water partition coefficient (Wildman–Crippen LogP) is 3.43. The Morgan fingerprint density at radius 2 is 2.13 bits per heavy atom. The molecule has 0 saturated heterocycles. The molecular weight excluding hydrogens is 198 g/mol.